The average molecular weight is 553 g/mol. The van der Waals surface area contributed by atoms with Crippen LogP contribution < -0.4 is 5.46 Å². The molecule has 0 N–H and O–H groups in total. The van der Waals surface area contributed by atoms with Crippen molar-refractivity contribution in [3.63, 3.8) is 0 Å². The van der Waals surface area contributed by atoms with Gasteiger partial charge < -0.3 is 4.65 Å². The molecule has 8 rings (SSSR count). The van der Waals surface area contributed by atoms with Crippen LogP contribution in [-0.2, 0) is 4.65 Å². The number of hydrogen-bond donors (Lipinski definition) is 0. The fourth-order valence-corrected chi connectivity index (χ4v) is 8.46. The Balaban J connectivity index is 1.33. The van der Waals surface area contributed by atoms with Crippen LogP contribution in [0.5, 0.6) is 0 Å². The molecule has 0 saturated carbocycles. The lowest BCUT2D eigenvalue weighted by Crippen LogP contribution is -2.66. The fraction of sp³-hybridized carbons (Fsp3) is 0.167. The summed E-state index contributed by atoms with van der Waals surface area (Å²) in [5.41, 5.74) is 6.07. The van der Waals surface area contributed by atoms with Crippen LogP contribution in [0.4, 0.5) is 0 Å². The SMILES string of the molecule is CC1(C)OB(c2cc(-c3ccc4sc5ccccc5c4c3)cc(-c3ccc4sc5ccccc5c4c3)c2)C1(C)C. The van der Waals surface area contributed by atoms with Crippen LogP contribution in [0.1, 0.15) is 27.7 Å². The summed E-state index contributed by atoms with van der Waals surface area (Å²) in [6.45, 7) is 9.14. The predicted molar refractivity (Wildman–Crippen MR) is 178 cm³/mol. The van der Waals surface area contributed by atoms with Crippen molar-refractivity contribution in [3.05, 3.63) is 103 Å². The van der Waals surface area contributed by atoms with Gasteiger partial charge in [0.1, 0.15) is 0 Å². The summed E-state index contributed by atoms with van der Waals surface area (Å²) in [7, 11) is 0. The third-order valence-electron chi connectivity index (χ3n) is 9.30. The molecule has 1 fully saturated rings. The smallest absolute Gasteiger partial charge is 0.335 e. The average Bonchev–Trinajstić information content (AvgIpc) is 3.53. The Hall–Kier alpha value is -3.44. The number of fused-ring (bicyclic) bond motifs is 6. The van der Waals surface area contributed by atoms with E-state index in [1.165, 1.54) is 68.1 Å². The topological polar surface area (TPSA) is 9.23 Å². The van der Waals surface area contributed by atoms with E-state index in [1.54, 1.807) is 0 Å². The molecule has 2 aromatic heterocycles. The van der Waals surface area contributed by atoms with Crippen molar-refractivity contribution in [1.82, 2.24) is 0 Å². The second-order valence-electron chi connectivity index (χ2n) is 12.2. The van der Waals surface area contributed by atoms with Gasteiger partial charge in [0.15, 0.2) is 0 Å². The summed E-state index contributed by atoms with van der Waals surface area (Å²) in [6, 6.07) is 38.5. The maximum atomic E-state index is 6.54. The molecule has 194 valence electrons. The molecule has 0 bridgehead atoms. The standard InChI is InChI=1S/C36H29BOS2/c1-35(2)36(3,4)38-37(35)26-18-24(22-13-15-33-29(20-22)27-9-5-7-11-31(27)39-33)17-25(19-26)23-14-16-34-30(21-23)28-10-6-8-12-32(28)40-34/h5-21H,1-4H3. The van der Waals surface area contributed by atoms with E-state index in [4.69, 9.17) is 4.65 Å². The van der Waals surface area contributed by atoms with Gasteiger partial charge in [-0.1, -0.05) is 74.5 Å². The van der Waals surface area contributed by atoms with Crippen LogP contribution >= 0.6 is 22.7 Å². The third kappa shape index (κ3) is 3.56. The fourth-order valence-electron chi connectivity index (χ4n) is 6.28. The van der Waals surface area contributed by atoms with Crippen LogP contribution in [0, 0.1) is 0 Å². The van der Waals surface area contributed by atoms with E-state index in [0.717, 1.165) is 0 Å². The van der Waals surface area contributed by atoms with Crippen LogP contribution in [0.2, 0.25) is 5.31 Å². The van der Waals surface area contributed by atoms with E-state index < -0.39 is 0 Å². The molecule has 0 spiro atoms. The molecule has 0 radical (unpaired) electrons. The van der Waals surface area contributed by atoms with Crippen LogP contribution in [0.15, 0.2) is 103 Å². The van der Waals surface area contributed by atoms with Crippen LogP contribution in [0.25, 0.3) is 62.6 Å². The largest absolute Gasteiger partial charge is 0.425 e. The zero-order valence-corrected chi connectivity index (χ0v) is 24.8. The predicted octanol–water partition coefficient (Wildman–Crippen LogP) is 10.5. The van der Waals surface area contributed by atoms with Crippen molar-refractivity contribution in [1.29, 1.82) is 0 Å². The molecule has 1 aliphatic heterocycles. The number of thiophene rings is 2. The zero-order valence-electron chi connectivity index (χ0n) is 23.1. The van der Waals surface area contributed by atoms with Crippen LogP contribution in [0.3, 0.4) is 0 Å². The second-order valence-corrected chi connectivity index (χ2v) is 14.4. The van der Waals surface area contributed by atoms with Gasteiger partial charge in [-0.3, -0.25) is 0 Å². The molecule has 7 aromatic rings. The first-order valence-corrected chi connectivity index (χ1v) is 15.6. The minimum absolute atomic E-state index is 0.0317. The minimum Gasteiger partial charge on any atom is -0.425 e. The highest BCUT2D eigenvalue weighted by Gasteiger charge is 2.59. The van der Waals surface area contributed by atoms with Gasteiger partial charge in [-0.25, -0.2) is 0 Å². The third-order valence-corrected chi connectivity index (χ3v) is 11.6. The van der Waals surface area contributed by atoms with Crippen molar-refractivity contribution in [2.45, 2.75) is 38.6 Å². The monoisotopic (exact) mass is 552 g/mol. The molecule has 4 heteroatoms. The lowest BCUT2D eigenvalue weighted by Gasteiger charge is -2.57. The van der Waals surface area contributed by atoms with E-state index in [0.29, 0.717) is 0 Å². The Morgan fingerprint density at radius 1 is 0.500 bits per heavy atom. The minimum atomic E-state index is -0.156. The van der Waals surface area contributed by atoms with Gasteiger partial charge in [-0.2, -0.15) is 0 Å². The maximum Gasteiger partial charge on any atom is 0.335 e. The summed E-state index contributed by atoms with van der Waals surface area (Å²) in [6.07, 6.45) is 0. The summed E-state index contributed by atoms with van der Waals surface area (Å²) in [5, 5.41) is 5.36. The van der Waals surface area contributed by atoms with E-state index in [2.05, 4.69) is 131 Å². The van der Waals surface area contributed by atoms with E-state index in [9.17, 15) is 0 Å². The first kappa shape index (κ1) is 24.4. The Kier molecular flexibility index (Phi) is 5.20. The summed E-state index contributed by atoms with van der Waals surface area (Å²) in [4.78, 5) is 0. The molecule has 1 saturated heterocycles. The molecule has 0 atom stereocenters. The molecule has 40 heavy (non-hydrogen) atoms. The molecular weight excluding hydrogens is 523 g/mol. The summed E-state index contributed by atoms with van der Waals surface area (Å²) in [5.74, 6) is 0. The molecule has 1 nitrogen and oxygen atoms in total. The molecular formula is C36H29BOS2. The summed E-state index contributed by atoms with van der Waals surface area (Å²) >= 11 is 3.74. The molecule has 0 unspecified atom stereocenters. The van der Waals surface area contributed by atoms with E-state index in [1.807, 2.05) is 22.7 Å². The Morgan fingerprint density at radius 2 is 0.975 bits per heavy atom. The lowest BCUT2D eigenvalue weighted by molar-refractivity contribution is -0.00939. The first-order chi connectivity index (χ1) is 19.3. The van der Waals surface area contributed by atoms with Gasteiger partial charge in [0.25, 0.3) is 0 Å². The zero-order chi connectivity index (χ0) is 27.2. The van der Waals surface area contributed by atoms with Crippen molar-refractivity contribution < 1.29 is 4.65 Å². The van der Waals surface area contributed by atoms with Crippen LogP contribution in [-0.4, -0.2) is 12.5 Å². The van der Waals surface area contributed by atoms with Gasteiger partial charge in [-0.05, 0) is 84.0 Å². The number of rotatable bonds is 3. The highest BCUT2D eigenvalue weighted by molar-refractivity contribution is 7.26. The van der Waals surface area contributed by atoms with Gasteiger partial charge in [-0.15, -0.1) is 22.7 Å². The van der Waals surface area contributed by atoms with Gasteiger partial charge >= 0.3 is 6.92 Å². The summed E-state index contributed by atoms with van der Waals surface area (Å²) < 4.78 is 11.9. The molecule has 5 aromatic carbocycles. The van der Waals surface area contributed by atoms with Crippen molar-refractivity contribution in [2.75, 3.05) is 0 Å². The first-order valence-electron chi connectivity index (χ1n) is 13.9. The van der Waals surface area contributed by atoms with E-state index >= 15 is 0 Å². The lowest BCUT2D eigenvalue weighted by atomic mass is 9.33. The maximum absolute atomic E-state index is 6.54. The Bertz CT molecular complexity index is 1980. The van der Waals surface area contributed by atoms with Crippen molar-refractivity contribution in [2.24, 2.45) is 0 Å². The molecule has 3 heterocycles. The molecule has 0 amide bonds. The normalized spacial score (nSPS) is 16.2. The highest BCUT2D eigenvalue weighted by atomic mass is 32.1. The van der Waals surface area contributed by atoms with Crippen molar-refractivity contribution in [3.8, 4) is 22.3 Å². The van der Waals surface area contributed by atoms with Gasteiger partial charge in [0.2, 0.25) is 0 Å². The quantitative estimate of drug-likeness (QED) is 0.198. The Morgan fingerprint density at radius 3 is 1.45 bits per heavy atom. The second kappa shape index (κ2) is 8.53. The number of hydrogen-bond acceptors (Lipinski definition) is 3. The number of benzene rings is 5. The highest BCUT2D eigenvalue weighted by Crippen LogP contribution is 2.53. The Labute approximate surface area is 243 Å². The van der Waals surface area contributed by atoms with Crippen molar-refractivity contribution >= 4 is 75.4 Å². The molecule has 0 aliphatic carbocycles. The van der Waals surface area contributed by atoms with Gasteiger partial charge in [0.05, 0.1) is 0 Å². The van der Waals surface area contributed by atoms with E-state index in [-0.39, 0.29) is 17.8 Å². The van der Waals surface area contributed by atoms with Gasteiger partial charge in [0, 0.05) is 51.3 Å². The molecule has 1 aliphatic rings.